The largest absolute Gasteiger partial charge is 0.389 e. The van der Waals surface area contributed by atoms with Gasteiger partial charge < -0.3 is 0 Å². The highest BCUT2D eigenvalue weighted by molar-refractivity contribution is 7.91. The van der Waals surface area contributed by atoms with E-state index in [0.717, 1.165) is 16.3 Å². The third kappa shape index (κ3) is 24.1. The van der Waals surface area contributed by atoms with Gasteiger partial charge in [0.05, 0.1) is 10.6 Å². The summed E-state index contributed by atoms with van der Waals surface area (Å²) in [5.41, 5.74) is 1.66. The maximum absolute atomic E-state index is 12.1. The van der Waals surface area contributed by atoms with Crippen LogP contribution in [0.4, 0.5) is 13.2 Å². The summed E-state index contributed by atoms with van der Waals surface area (Å²) in [5.74, 6) is -0.512. The van der Waals surface area contributed by atoms with Crippen molar-refractivity contribution in [3.8, 4) is 10.6 Å². The van der Waals surface area contributed by atoms with Crippen LogP contribution in [0.5, 0.6) is 0 Å². The molecule has 0 atom stereocenters. The molecule has 0 N–H and O–H groups in total. The maximum atomic E-state index is 12.1. The number of sulfone groups is 1. The van der Waals surface area contributed by atoms with Gasteiger partial charge in [0.1, 0.15) is 5.01 Å². The third-order valence-corrected chi connectivity index (χ3v) is 5.78. The van der Waals surface area contributed by atoms with Gasteiger partial charge in [-0.05, 0) is 25.5 Å². The third-order valence-electron chi connectivity index (χ3n) is 2.95. The van der Waals surface area contributed by atoms with E-state index in [1.54, 1.807) is 12.1 Å². The average molecular weight is 558 g/mol. The quantitative estimate of drug-likeness (QED) is 0.367. The summed E-state index contributed by atoms with van der Waals surface area (Å²) in [6.07, 6.45) is -5.86. The van der Waals surface area contributed by atoms with Crippen molar-refractivity contribution in [1.82, 2.24) is 4.98 Å². The molecule has 0 fully saturated rings. The van der Waals surface area contributed by atoms with E-state index in [9.17, 15) is 21.6 Å². The number of hydrogen-bond donors (Lipinski definition) is 0. The Morgan fingerprint density at radius 2 is 1.17 bits per heavy atom. The summed E-state index contributed by atoms with van der Waals surface area (Å²) in [4.78, 5) is 4.33. The van der Waals surface area contributed by atoms with Gasteiger partial charge in [0, 0.05) is 23.1 Å². The molecule has 0 unspecified atom stereocenters. The molecule has 1 heterocycles. The molecule has 0 amide bonds. The van der Waals surface area contributed by atoms with Crippen LogP contribution in [0.3, 0.4) is 0 Å². The number of aryl methyl sites for hydroxylation is 1. The molecule has 0 aliphatic carbocycles. The number of hydrogen-bond acceptors (Lipinski definition) is 4. The average Bonchev–Trinajstić information content (AvgIpc) is 2.84. The standard InChI is InChI=1S/C14H14F3NO2S2.13CH4/c1-10-9-21-13(18-10)11-3-5-12(6-4-11)22(19,20)8-2-7-14(15,16)17;;;;;;;;;;;;;/h3-6,9H,2,7-8H2,1H3;13*1H4. The summed E-state index contributed by atoms with van der Waals surface area (Å²) < 4.78 is 60.2. The number of aromatic nitrogens is 1. The molecular weight excluding hydrogens is 491 g/mol. The van der Waals surface area contributed by atoms with E-state index >= 15 is 0 Å². The maximum Gasteiger partial charge on any atom is 0.389 e. The smallest absolute Gasteiger partial charge is 0.241 e. The highest BCUT2D eigenvalue weighted by atomic mass is 32.2. The summed E-state index contributed by atoms with van der Waals surface area (Å²) in [6, 6.07) is 6.06. The van der Waals surface area contributed by atoms with Crippen LogP contribution >= 0.6 is 11.3 Å². The van der Waals surface area contributed by atoms with Crippen LogP contribution in [-0.4, -0.2) is 25.3 Å². The Kier molecular flexibility index (Phi) is 67.0. The van der Waals surface area contributed by atoms with Crippen molar-refractivity contribution in [3.05, 3.63) is 35.3 Å². The van der Waals surface area contributed by atoms with Crippen LogP contribution in [-0.2, 0) is 9.84 Å². The Bertz CT molecular complexity index is 741. The molecule has 1 aromatic carbocycles. The van der Waals surface area contributed by atoms with E-state index in [-0.39, 0.29) is 101 Å². The molecule has 2 rings (SSSR count). The number of nitrogens with zero attached hydrogens (tertiary/aromatic N) is 1. The lowest BCUT2D eigenvalue weighted by molar-refractivity contribution is -0.134. The van der Waals surface area contributed by atoms with Gasteiger partial charge >= 0.3 is 6.18 Å². The number of benzene rings is 1. The zero-order valence-corrected chi connectivity index (χ0v) is 13.4. The zero-order chi connectivity index (χ0) is 16.4. The normalized spacial score (nSPS) is 7.89. The molecule has 1 aromatic heterocycles. The Morgan fingerprint density at radius 3 is 1.49 bits per heavy atom. The first kappa shape index (κ1) is 76.5. The van der Waals surface area contributed by atoms with Crippen molar-refractivity contribution in [2.75, 3.05) is 5.75 Å². The highest BCUT2D eigenvalue weighted by Crippen LogP contribution is 2.26. The Hall–Kier alpha value is -1.41. The van der Waals surface area contributed by atoms with E-state index < -0.39 is 34.6 Å². The number of rotatable bonds is 5. The van der Waals surface area contributed by atoms with Crippen LogP contribution in [0.1, 0.15) is 115 Å². The van der Waals surface area contributed by atoms with Crippen LogP contribution in [0.15, 0.2) is 34.5 Å². The molecule has 0 spiro atoms. The van der Waals surface area contributed by atoms with Crippen molar-refractivity contribution in [1.29, 1.82) is 0 Å². The predicted molar refractivity (Wildman–Crippen MR) is 167 cm³/mol. The highest BCUT2D eigenvalue weighted by Gasteiger charge is 2.27. The Balaban J connectivity index is -0.0000000407. The van der Waals surface area contributed by atoms with Gasteiger partial charge in [-0.25, -0.2) is 13.4 Å². The minimum atomic E-state index is -4.33. The van der Waals surface area contributed by atoms with Gasteiger partial charge in [0.25, 0.3) is 0 Å². The molecular formula is C27H66F3NO2S2. The fourth-order valence-corrected chi connectivity index (χ4v) is 3.99. The van der Waals surface area contributed by atoms with Gasteiger partial charge in [-0.3, -0.25) is 0 Å². The second-order valence-electron chi connectivity index (χ2n) is 4.86. The first-order chi connectivity index (χ1) is 10.2. The van der Waals surface area contributed by atoms with Crippen LogP contribution < -0.4 is 0 Å². The molecule has 2 aromatic rings. The van der Waals surface area contributed by atoms with Gasteiger partial charge in [0.2, 0.25) is 0 Å². The number of alkyl halides is 3. The molecule has 8 heteroatoms. The zero-order valence-electron chi connectivity index (χ0n) is 11.7. The first-order valence-corrected chi connectivity index (χ1v) is 9.03. The van der Waals surface area contributed by atoms with Crippen molar-refractivity contribution >= 4 is 21.2 Å². The molecule has 0 radical (unpaired) electrons. The van der Waals surface area contributed by atoms with Gasteiger partial charge in [-0.15, -0.1) is 11.3 Å². The topological polar surface area (TPSA) is 47.0 Å². The first-order valence-electron chi connectivity index (χ1n) is 6.49. The SMILES string of the molecule is C.C.C.C.C.C.C.C.C.C.C.C.C.Cc1csc(-c2ccc(S(=O)(=O)CCCC(F)(F)F)cc2)n1. The van der Waals surface area contributed by atoms with Crippen LogP contribution in [0, 0.1) is 6.92 Å². The summed E-state index contributed by atoms with van der Waals surface area (Å²) in [7, 11) is -3.69. The minimum Gasteiger partial charge on any atom is -0.241 e. The molecule has 0 aliphatic heterocycles. The van der Waals surface area contributed by atoms with Crippen molar-refractivity contribution in [3.63, 3.8) is 0 Å². The Labute approximate surface area is 226 Å². The van der Waals surface area contributed by atoms with E-state index in [4.69, 9.17) is 0 Å². The molecule has 0 bridgehead atoms. The summed E-state index contributed by atoms with van der Waals surface area (Å²) in [6.45, 7) is 1.86. The Morgan fingerprint density at radius 1 is 0.771 bits per heavy atom. The molecule has 0 aliphatic rings. The lowest BCUT2D eigenvalue weighted by Crippen LogP contribution is -2.12. The lowest BCUT2D eigenvalue weighted by atomic mass is 10.2. The molecule has 35 heavy (non-hydrogen) atoms. The number of halogens is 3. The lowest BCUT2D eigenvalue weighted by Gasteiger charge is -2.07. The van der Waals surface area contributed by atoms with E-state index in [2.05, 4.69) is 4.98 Å². The second-order valence-corrected chi connectivity index (χ2v) is 7.82. The van der Waals surface area contributed by atoms with Crippen molar-refractivity contribution < 1.29 is 21.6 Å². The van der Waals surface area contributed by atoms with Gasteiger partial charge in [-0.1, -0.05) is 109 Å². The fraction of sp³-hybridized carbons (Fsp3) is 0.667. The van der Waals surface area contributed by atoms with Crippen LogP contribution in [0.2, 0.25) is 0 Å². The second kappa shape index (κ2) is 30.6. The molecule has 3 nitrogen and oxygen atoms in total. The molecule has 0 saturated heterocycles. The molecule has 224 valence electrons. The van der Waals surface area contributed by atoms with Gasteiger partial charge in [-0.2, -0.15) is 13.2 Å². The summed E-state index contributed by atoms with van der Waals surface area (Å²) >= 11 is 1.45. The minimum absolute atomic E-state index is 0. The summed E-state index contributed by atoms with van der Waals surface area (Å²) in [5, 5.41) is 2.66. The van der Waals surface area contributed by atoms with Crippen molar-refractivity contribution in [2.24, 2.45) is 0 Å². The van der Waals surface area contributed by atoms with E-state index in [0.29, 0.717) is 0 Å². The van der Waals surface area contributed by atoms with Gasteiger partial charge in [0.15, 0.2) is 9.84 Å². The van der Waals surface area contributed by atoms with Crippen molar-refractivity contribution in [2.45, 2.75) is 127 Å². The monoisotopic (exact) mass is 557 g/mol. The van der Waals surface area contributed by atoms with E-state index in [1.807, 2.05) is 12.3 Å². The fourth-order valence-electron chi connectivity index (χ4n) is 1.87. The number of thiazole rings is 1. The van der Waals surface area contributed by atoms with E-state index in [1.165, 1.54) is 23.5 Å². The van der Waals surface area contributed by atoms with Crippen LogP contribution in [0.25, 0.3) is 10.6 Å². The predicted octanol–water partition coefficient (Wildman–Crippen LogP) is 12.5. The molecule has 0 saturated carbocycles.